The maximum absolute atomic E-state index is 14.7. The van der Waals surface area contributed by atoms with Crippen molar-refractivity contribution < 1.29 is 36.1 Å². The first kappa shape index (κ1) is 26.2. The molecule has 0 aromatic heterocycles. The maximum Gasteiger partial charge on any atom is 0.342 e. The summed E-state index contributed by atoms with van der Waals surface area (Å²) in [6.07, 6.45) is 2.30. The first-order valence-corrected chi connectivity index (χ1v) is 12.3. The van der Waals surface area contributed by atoms with Crippen molar-refractivity contribution in [1.82, 2.24) is 0 Å². The van der Waals surface area contributed by atoms with Crippen LogP contribution in [0, 0.1) is 13.8 Å². The summed E-state index contributed by atoms with van der Waals surface area (Å²) in [4.78, 5) is 24.0. The van der Waals surface area contributed by atoms with E-state index in [1.165, 1.54) is 19.2 Å². The van der Waals surface area contributed by atoms with Gasteiger partial charge in [-0.1, -0.05) is 35.9 Å². The van der Waals surface area contributed by atoms with Gasteiger partial charge in [-0.15, -0.1) is 0 Å². The van der Waals surface area contributed by atoms with Gasteiger partial charge >= 0.3 is 22.1 Å². The minimum atomic E-state index is -4.36. The molecule has 186 valence electrons. The lowest BCUT2D eigenvalue weighted by Gasteiger charge is -2.19. The SMILES string of the molecule is C=C(F)c1c(C)c2c(c(OS(=O)(=O)c3ccc(C)cc3)c1C/C=C(\C)CCC(=O)OC)C(=O)OC2. The van der Waals surface area contributed by atoms with E-state index in [0.29, 0.717) is 17.5 Å². The molecule has 0 bridgehead atoms. The molecular formula is C26H27FO7S. The monoisotopic (exact) mass is 502 g/mol. The summed E-state index contributed by atoms with van der Waals surface area (Å²) in [5.41, 5.74) is 2.60. The van der Waals surface area contributed by atoms with Crippen LogP contribution in [-0.2, 0) is 37.4 Å². The molecule has 3 rings (SSSR count). The first-order valence-electron chi connectivity index (χ1n) is 10.9. The van der Waals surface area contributed by atoms with E-state index in [1.54, 1.807) is 32.1 Å². The zero-order valence-electron chi connectivity index (χ0n) is 20.1. The second-order valence-corrected chi connectivity index (χ2v) is 9.87. The Morgan fingerprint density at radius 3 is 2.46 bits per heavy atom. The Morgan fingerprint density at radius 1 is 1.20 bits per heavy atom. The van der Waals surface area contributed by atoms with Crippen LogP contribution in [0.5, 0.6) is 5.75 Å². The van der Waals surface area contributed by atoms with E-state index < -0.39 is 21.9 Å². The highest BCUT2D eigenvalue weighted by molar-refractivity contribution is 7.87. The molecule has 0 unspecified atom stereocenters. The molecule has 1 aliphatic rings. The molecule has 0 radical (unpaired) electrons. The third kappa shape index (κ3) is 5.62. The average Bonchev–Trinajstić information content (AvgIpc) is 3.19. The number of halogens is 1. The van der Waals surface area contributed by atoms with E-state index in [9.17, 15) is 22.4 Å². The van der Waals surface area contributed by atoms with Crippen LogP contribution in [0.25, 0.3) is 5.83 Å². The molecule has 0 fully saturated rings. The number of methoxy groups -OCH3 is 1. The molecule has 2 aromatic carbocycles. The van der Waals surface area contributed by atoms with Gasteiger partial charge in [0.2, 0.25) is 0 Å². The largest absolute Gasteiger partial charge is 0.469 e. The molecule has 0 saturated carbocycles. The van der Waals surface area contributed by atoms with Crippen molar-refractivity contribution in [1.29, 1.82) is 0 Å². The lowest BCUT2D eigenvalue weighted by molar-refractivity contribution is -0.140. The van der Waals surface area contributed by atoms with Crippen LogP contribution < -0.4 is 4.18 Å². The number of aryl methyl sites for hydroxylation is 1. The third-order valence-electron chi connectivity index (χ3n) is 5.86. The van der Waals surface area contributed by atoms with Gasteiger partial charge in [0.25, 0.3) is 0 Å². The highest BCUT2D eigenvalue weighted by Gasteiger charge is 2.35. The number of benzene rings is 2. The van der Waals surface area contributed by atoms with Crippen molar-refractivity contribution in [2.24, 2.45) is 0 Å². The number of carbonyl (C=O) groups is 2. The number of fused-ring (bicyclic) bond motifs is 1. The van der Waals surface area contributed by atoms with Gasteiger partial charge in [0.1, 0.15) is 22.9 Å². The zero-order valence-corrected chi connectivity index (χ0v) is 20.9. The van der Waals surface area contributed by atoms with Crippen molar-refractivity contribution >= 4 is 27.9 Å². The van der Waals surface area contributed by atoms with Crippen molar-refractivity contribution in [3.8, 4) is 5.75 Å². The lowest BCUT2D eigenvalue weighted by atomic mass is 9.89. The van der Waals surface area contributed by atoms with Crippen LogP contribution in [0.15, 0.2) is 47.4 Å². The van der Waals surface area contributed by atoms with Crippen LogP contribution in [0.2, 0.25) is 0 Å². The predicted molar refractivity (Wildman–Crippen MR) is 128 cm³/mol. The van der Waals surface area contributed by atoms with Gasteiger partial charge in [-0.05, 0) is 51.3 Å². The molecule has 9 heteroatoms. The molecule has 0 spiro atoms. The van der Waals surface area contributed by atoms with Crippen LogP contribution in [0.1, 0.15) is 57.9 Å². The number of hydrogen-bond acceptors (Lipinski definition) is 7. The summed E-state index contributed by atoms with van der Waals surface area (Å²) in [6, 6.07) is 6.02. The second kappa shape index (κ2) is 10.4. The minimum Gasteiger partial charge on any atom is -0.469 e. The van der Waals surface area contributed by atoms with Crippen LogP contribution in [0.3, 0.4) is 0 Å². The van der Waals surface area contributed by atoms with Gasteiger partial charge in [0.15, 0.2) is 5.75 Å². The molecule has 2 aromatic rings. The molecule has 0 atom stereocenters. The number of hydrogen-bond donors (Lipinski definition) is 0. The highest BCUT2D eigenvalue weighted by atomic mass is 32.2. The number of ether oxygens (including phenoxy) is 2. The normalized spacial score (nSPS) is 13.3. The van der Waals surface area contributed by atoms with Crippen molar-refractivity contribution in [3.05, 3.63) is 75.9 Å². The number of carbonyl (C=O) groups excluding carboxylic acids is 2. The molecule has 0 saturated heterocycles. The van der Waals surface area contributed by atoms with E-state index >= 15 is 0 Å². The first-order chi connectivity index (χ1) is 16.5. The van der Waals surface area contributed by atoms with Crippen LogP contribution in [0.4, 0.5) is 4.39 Å². The van der Waals surface area contributed by atoms with Gasteiger partial charge in [-0.25, -0.2) is 9.18 Å². The van der Waals surface area contributed by atoms with E-state index in [0.717, 1.165) is 11.1 Å². The Bertz CT molecular complexity index is 1320. The Morgan fingerprint density at radius 2 is 1.86 bits per heavy atom. The minimum absolute atomic E-state index is 0.0332. The maximum atomic E-state index is 14.7. The van der Waals surface area contributed by atoms with Gasteiger partial charge in [0.05, 0.1) is 7.11 Å². The number of rotatable bonds is 9. The molecule has 0 aliphatic carbocycles. The predicted octanol–water partition coefficient (Wildman–Crippen LogP) is 5.12. The van der Waals surface area contributed by atoms with Gasteiger partial charge in [-0.2, -0.15) is 8.42 Å². The molecule has 7 nitrogen and oxygen atoms in total. The zero-order chi connectivity index (χ0) is 25.9. The van der Waals surface area contributed by atoms with E-state index in [1.807, 2.05) is 6.92 Å². The topological polar surface area (TPSA) is 96.0 Å². The Labute approximate surface area is 204 Å². The summed E-state index contributed by atoms with van der Waals surface area (Å²) < 4.78 is 56.3. The standard InChI is InChI=1S/C26H27FO7S/c1-15-6-10-19(11-7-15)35(30,31)34-25-20(12-8-16(2)9-13-22(28)32-5)23(18(4)27)17(3)21-14-33-26(29)24(21)25/h6-8,10-11H,4,9,12-14H2,1-3,5H3/b16-8+. The summed E-state index contributed by atoms with van der Waals surface area (Å²) >= 11 is 0. The van der Waals surface area contributed by atoms with Crippen molar-refractivity contribution in [2.45, 2.75) is 51.5 Å². The highest BCUT2D eigenvalue weighted by Crippen LogP contribution is 2.42. The number of allylic oxidation sites excluding steroid dienone is 2. The van der Waals surface area contributed by atoms with E-state index in [-0.39, 0.29) is 52.8 Å². The third-order valence-corrected chi connectivity index (χ3v) is 7.10. The summed E-state index contributed by atoms with van der Waals surface area (Å²) in [5, 5.41) is 0. The summed E-state index contributed by atoms with van der Waals surface area (Å²) in [7, 11) is -3.06. The number of esters is 2. The van der Waals surface area contributed by atoms with E-state index in [4.69, 9.17) is 8.92 Å². The second-order valence-electron chi connectivity index (χ2n) is 8.32. The lowest BCUT2D eigenvalue weighted by Crippen LogP contribution is -2.15. The summed E-state index contributed by atoms with van der Waals surface area (Å²) in [6.45, 7) is 8.50. The van der Waals surface area contributed by atoms with Crippen molar-refractivity contribution in [2.75, 3.05) is 7.11 Å². The molecule has 35 heavy (non-hydrogen) atoms. The van der Waals surface area contributed by atoms with Crippen LogP contribution >= 0.6 is 0 Å². The molecular weight excluding hydrogens is 475 g/mol. The molecule has 1 aliphatic heterocycles. The summed E-state index contributed by atoms with van der Waals surface area (Å²) in [5.74, 6) is -2.20. The Kier molecular flexibility index (Phi) is 7.80. The van der Waals surface area contributed by atoms with Gasteiger partial charge < -0.3 is 13.7 Å². The fourth-order valence-electron chi connectivity index (χ4n) is 3.87. The smallest absolute Gasteiger partial charge is 0.342 e. The fourth-order valence-corrected chi connectivity index (χ4v) is 4.84. The quantitative estimate of drug-likeness (QED) is 0.267. The van der Waals surface area contributed by atoms with Gasteiger partial charge in [0, 0.05) is 23.1 Å². The van der Waals surface area contributed by atoms with Crippen LogP contribution in [-0.4, -0.2) is 27.5 Å². The number of cyclic esters (lactones) is 1. The Hall–Kier alpha value is -3.46. The average molecular weight is 503 g/mol. The Balaban J connectivity index is 2.15. The van der Waals surface area contributed by atoms with E-state index in [2.05, 4.69) is 11.3 Å². The molecule has 0 N–H and O–H groups in total. The molecule has 0 amide bonds. The van der Waals surface area contributed by atoms with Crippen molar-refractivity contribution in [3.63, 3.8) is 0 Å². The molecule has 1 heterocycles. The van der Waals surface area contributed by atoms with Gasteiger partial charge in [-0.3, -0.25) is 4.79 Å². The fraction of sp³-hybridized carbons (Fsp3) is 0.308.